The number of benzene rings is 1. The summed E-state index contributed by atoms with van der Waals surface area (Å²) >= 11 is 0. The lowest BCUT2D eigenvalue weighted by Crippen LogP contribution is -2.25. The average Bonchev–Trinajstić information content (AvgIpc) is 3.23. The quantitative estimate of drug-likeness (QED) is 0.748. The number of nitrogens with one attached hydrogen (secondary N) is 2. The largest absolute Gasteiger partial charge is 0.467 e. The van der Waals surface area contributed by atoms with Crippen molar-refractivity contribution in [1.29, 1.82) is 0 Å². The van der Waals surface area contributed by atoms with Gasteiger partial charge < -0.3 is 15.1 Å². The average molecular weight is 338 g/mol. The van der Waals surface area contributed by atoms with Crippen LogP contribution < -0.4 is 10.6 Å². The third-order valence-electron chi connectivity index (χ3n) is 3.61. The van der Waals surface area contributed by atoms with E-state index in [4.69, 9.17) is 4.42 Å². The molecule has 25 heavy (non-hydrogen) atoms. The molecule has 2 heterocycles. The van der Waals surface area contributed by atoms with E-state index in [1.165, 1.54) is 10.9 Å². The number of aryl methyl sites for hydroxylation is 2. The zero-order chi connectivity index (χ0) is 17.8. The van der Waals surface area contributed by atoms with Crippen molar-refractivity contribution in [3.05, 3.63) is 71.4 Å². The number of hydrogen-bond donors (Lipinski definition) is 2. The number of amides is 2. The first-order valence-corrected chi connectivity index (χ1v) is 7.75. The Balaban J connectivity index is 1.72. The van der Waals surface area contributed by atoms with Crippen molar-refractivity contribution in [3.63, 3.8) is 0 Å². The maximum absolute atomic E-state index is 12.4. The Labute approximate surface area is 144 Å². The molecule has 0 saturated heterocycles. The summed E-state index contributed by atoms with van der Waals surface area (Å²) in [4.78, 5) is 24.7. The van der Waals surface area contributed by atoms with Gasteiger partial charge in [-0.05, 0) is 31.2 Å². The Hall–Kier alpha value is -3.35. The highest BCUT2D eigenvalue weighted by molar-refractivity contribution is 6.08. The fourth-order valence-electron chi connectivity index (χ4n) is 2.31. The molecule has 0 unspecified atom stereocenters. The highest BCUT2D eigenvalue weighted by Gasteiger charge is 2.18. The van der Waals surface area contributed by atoms with Gasteiger partial charge in [-0.25, -0.2) is 0 Å². The molecule has 3 rings (SSSR count). The predicted molar refractivity (Wildman–Crippen MR) is 92.2 cm³/mol. The lowest BCUT2D eigenvalue weighted by atomic mass is 10.1. The molecular weight excluding hydrogens is 320 g/mol. The third-order valence-corrected chi connectivity index (χ3v) is 3.61. The molecule has 0 atom stereocenters. The first kappa shape index (κ1) is 16.5. The highest BCUT2D eigenvalue weighted by atomic mass is 16.3. The molecule has 0 aliphatic rings. The molecule has 7 heteroatoms. The van der Waals surface area contributed by atoms with Gasteiger partial charge in [-0.3, -0.25) is 14.3 Å². The van der Waals surface area contributed by atoms with Crippen LogP contribution in [0.1, 0.15) is 32.2 Å². The molecule has 0 aliphatic carbocycles. The van der Waals surface area contributed by atoms with Crippen molar-refractivity contribution >= 4 is 17.5 Å². The van der Waals surface area contributed by atoms with E-state index < -0.39 is 5.91 Å². The van der Waals surface area contributed by atoms with Gasteiger partial charge >= 0.3 is 0 Å². The number of carbonyl (C=O) groups is 2. The molecule has 3 aromatic rings. The molecule has 2 N–H and O–H groups in total. The SMILES string of the molecule is Cc1ccc(C(=O)Nc2cn(C)nc2C(=O)NCc2ccco2)cc1. The molecule has 128 valence electrons. The molecule has 0 spiro atoms. The molecule has 2 aromatic heterocycles. The number of carbonyl (C=O) groups excluding carboxylic acids is 2. The van der Waals surface area contributed by atoms with Crippen LogP contribution in [0.15, 0.2) is 53.3 Å². The van der Waals surface area contributed by atoms with Crippen molar-refractivity contribution in [2.24, 2.45) is 7.05 Å². The maximum Gasteiger partial charge on any atom is 0.274 e. The minimum Gasteiger partial charge on any atom is -0.467 e. The Morgan fingerprint density at radius 3 is 2.60 bits per heavy atom. The maximum atomic E-state index is 12.4. The number of nitrogens with zero attached hydrogens (tertiary/aromatic N) is 2. The van der Waals surface area contributed by atoms with Crippen LogP contribution in [0.2, 0.25) is 0 Å². The first-order valence-electron chi connectivity index (χ1n) is 7.75. The number of rotatable bonds is 5. The second kappa shape index (κ2) is 7.04. The number of aromatic nitrogens is 2. The van der Waals surface area contributed by atoms with Gasteiger partial charge in [-0.1, -0.05) is 17.7 Å². The van der Waals surface area contributed by atoms with Gasteiger partial charge in [0.25, 0.3) is 11.8 Å². The number of furan rings is 1. The molecule has 0 aliphatic heterocycles. The molecule has 0 bridgehead atoms. The molecule has 0 fully saturated rings. The summed E-state index contributed by atoms with van der Waals surface area (Å²) in [5.41, 5.74) is 2.08. The van der Waals surface area contributed by atoms with Crippen molar-refractivity contribution in [1.82, 2.24) is 15.1 Å². The molecule has 1 aromatic carbocycles. The predicted octanol–water partition coefficient (Wildman–Crippen LogP) is 2.50. The molecular formula is C18H18N4O3. The smallest absolute Gasteiger partial charge is 0.274 e. The van der Waals surface area contributed by atoms with E-state index in [1.54, 1.807) is 37.5 Å². The Morgan fingerprint density at radius 2 is 1.92 bits per heavy atom. The standard InChI is InChI=1S/C18H18N4O3/c1-12-5-7-13(8-6-12)17(23)20-15-11-22(2)21-16(15)18(24)19-10-14-4-3-9-25-14/h3-9,11H,10H2,1-2H3,(H,19,24)(H,20,23). The van der Waals surface area contributed by atoms with Gasteiger partial charge in [0.1, 0.15) is 5.76 Å². The number of hydrogen-bond acceptors (Lipinski definition) is 4. The number of anilines is 1. The monoisotopic (exact) mass is 338 g/mol. The van der Waals surface area contributed by atoms with Gasteiger partial charge in [0, 0.05) is 18.8 Å². The fourth-order valence-corrected chi connectivity index (χ4v) is 2.31. The fraction of sp³-hybridized carbons (Fsp3) is 0.167. The Kier molecular flexibility index (Phi) is 4.65. The lowest BCUT2D eigenvalue weighted by molar-refractivity contribution is 0.0943. The lowest BCUT2D eigenvalue weighted by Gasteiger charge is -2.06. The van der Waals surface area contributed by atoms with E-state index in [2.05, 4.69) is 15.7 Å². The van der Waals surface area contributed by atoms with Crippen LogP contribution in [0.4, 0.5) is 5.69 Å². The summed E-state index contributed by atoms with van der Waals surface area (Å²) < 4.78 is 6.66. The zero-order valence-corrected chi connectivity index (χ0v) is 13.9. The van der Waals surface area contributed by atoms with Crippen LogP contribution in [-0.2, 0) is 13.6 Å². The third kappa shape index (κ3) is 3.95. The molecule has 0 radical (unpaired) electrons. The van der Waals surface area contributed by atoms with Crippen molar-refractivity contribution in [3.8, 4) is 0 Å². The van der Waals surface area contributed by atoms with Crippen LogP contribution in [0.3, 0.4) is 0 Å². The summed E-state index contributed by atoms with van der Waals surface area (Å²) in [7, 11) is 1.69. The molecule has 0 saturated carbocycles. The van der Waals surface area contributed by atoms with E-state index in [0.29, 0.717) is 17.0 Å². The molecule has 2 amide bonds. The van der Waals surface area contributed by atoms with Crippen molar-refractivity contribution in [2.75, 3.05) is 5.32 Å². The zero-order valence-electron chi connectivity index (χ0n) is 13.9. The first-order chi connectivity index (χ1) is 12.0. The summed E-state index contributed by atoms with van der Waals surface area (Å²) in [5.74, 6) is -0.0567. The van der Waals surface area contributed by atoms with E-state index >= 15 is 0 Å². The Bertz CT molecular complexity index is 880. The topological polar surface area (TPSA) is 89.2 Å². The van der Waals surface area contributed by atoms with E-state index in [9.17, 15) is 9.59 Å². The van der Waals surface area contributed by atoms with Crippen LogP contribution in [0.25, 0.3) is 0 Å². The van der Waals surface area contributed by atoms with E-state index in [0.717, 1.165) is 5.56 Å². The summed E-state index contributed by atoms with van der Waals surface area (Å²) in [6, 6.07) is 10.7. The van der Waals surface area contributed by atoms with Crippen LogP contribution in [0.5, 0.6) is 0 Å². The second-order valence-electron chi connectivity index (χ2n) is 5.65. The van der Waals surface area contributed by atoms with Gasteiger partial charge in [0.05, 0.1) is 18.5 Å². The van der Waals surface area contributed by atoms with Gasteiger partial charge in [-0.2, -0.15) is 5.10 Å². The van der Waals surface area contributed by atoms with Crippen molar-refractivity contribution in [2.45, 2.75) is 13.5 Å². The van der Waals surface area contributed by atoms with Gasteiger partial charge in [0.2, 0.25) is 0 Å². The van der Waals surface area contributed by atoms with Crippen LogP contribution >= 0.6 is 0 Å². The van der Waals surface area contributed by atoms with Crippen LogP contribution in [0, 0.1) is 6.92 Å². The summed E-state index contributed by atoms with van der Waals surface area (Å²) in [5, 5.41) is 9.58. The van der Waals surface area contributed by atoms with Crippen molar-refractivity contribution < 1.29 is 14.0 Å². The van der Waals surface area contributed by atoms with Crippen LogP contribution in [-0.4, -0.2) is 21.6 Å². The second-order valence-corrected chi connectivity index (χ2v) is 5.65. The van der Waals surface area contributed by atoms with E-state index in [-0.39, 0.29) is 18.1 Å². The summed E-state index contributed by atoms with van der Waals surface area (Å²) in [6.07, 6.45) is 3.13. The van der Waals surface area contributed by atoms with Gasteiger partial charge in [-0.15, -0.1) is 0 Å². The van der Waals surface area contributed by atoms with Gasteiger partial charge in [0.15, 0.2) is 5.69 Å². The summed E-state index contributed by atoms with van der Waals surface area (Å²) in [6.45, 7) is 2.19. The Morgan fingerprint density at radius 1 is 1.16 bits per heavy atom. The minimum atomic E-state index is -0.392. The molecule has 7 nitrogen and oxygen atoms in total. The minimum absolute atomic E-state index is 0.148. The normalized spacial score (nSPS) is 10.5. The van der Waals surface area contributed by atoms with E-state index in [1.807, 2.05) is 19.1 Å². The highest BCUT2D eigenvalue weighted by Crippen LogP contribution is 2.15.